The number of halogens is 1. The molecule has 1 aliphatic carbocycles. The van der Waals surface area contributed by atoms with Crippen LogP contribution in [0.1, 0.15) is 45.1 Å². The van der Waals surface area contributed by atoms with Gasteiger partial charge in [0.2, 0.25) is 5.88 Å². The van der Waals surface area contributed by atoms with E-state index in [0.29, 0.717) is 25.0 Å². The van der Waals surface area contributed by atoms with Crippen molar-refractivity contribution in [3.8, 4) is 5.88 Å². The van der Waals surface area contributed by atoms with Gasteiger partial charge in [-0.15, -0.1) is 24.0 Å². The fourth-order valence-electron chi connectivity index (χ4n) is 2.90. The molecule has 1 unspecified atom stereocenters. The smallest absolute Gasteiger partial charge is 0.213 e. The van der Waals surface area contributed by atoms with Gasteiger partial charge in [-0.25, -0.2) is 9.98 Å². The zero-order chi connectivity index (χ0) is 17.4. The van der Waals surface area contributed by atoms with Gasteiger partial charge in [-0.2, -0.15) is 0 Å². The Morgan fingerprint density at radius 1 is 1.40 bits per heavy atom. The second-order valence-electron chi connectivity index (χ2n) is 6.70. The van der Waals surface area contributed by atoms with Gasteiger partial charge in [0.1, 0.15) is 6.10 Å². The molecule has 7 heteroatoms. The molecule has 0 spiro atoms. The Kier molecular flexibility index (Phi) is 10.1. The quantitative estimate of drug-likeness (QED) is 0.370. The molecule has 0 aromatic carbocycles. The molecule has 1 atom stereocenters. The lowest BCUT2D eigenvalue weighted by atomic mass is 9.89. The van der Waals surface area contributed by atoms with Crippen LogP contribution in [-0.2, 0) is 11.3 Å². The van der Waals surface area contributed by atoms with Crippen molar-refractivity contribution >= 4 is 29.9 Å². The summed E-state index contributed by atoms with van der Waals surface area (Å²) in [6.07, 6.45) is 6.74. The van der Waals surface area contributed by atoms with Crippen LogP contribution in [0.4, 0.5) is 0 Å². The van der Waals surface area contributed by atoms with Crippen LogP contribution >= 0.6 is 24.0 Å². The van der Waals surface area contributed by atoms with Crippen LogP contribution in [0.2, 0.25) is 0 Å². The number of nitrogens with zero attached hydrogens (tertiary/aromatic N) is 2. The van der Waals surface area contributed by atoms with Gasteiger partial charge in [-0.3, -0.25) is 0 Å². The Morgan fingerprint density at radius 3 is 2.80 bits per heavy atom. The summed E-state index contributed by atoms with van der Waals surface area (Å²) < 4.78 is 11.1. The molecule has 0 aliphatic heterocycles. The standard InChI is InChI=1S/C18H30N4O2.HI/c1-13-4-6-16(7-5-13)24-17-10-15(8-9-20-17)11-21-18(19)22-14(2)12-23-3;/h8-10,13-14,16H,4-7,11-12H2,1-3H3,(H3,19,21,22);1H. The first-order valence-corrected chi connectivity index (χ1v) is 8.73. The Balaban J connectivity index is 0.00000312. The lowest BCUT2D eigenvalue weighted by Crippen LogP contribution is -2.40. The number of guanidine groups is 1. The SMILES string of the molecule is COCC(C)NC(N)=NCc1ccnc(OC2CCC(C)CC2)c1.I. The summed E-state index contributed by atoms with van der Waals surface area (Å²) in [4.78, 5) is 8.68. The predicted molar refractivity (Wildman–Crippen MR) is 112 cm³/mol. The molecule has 1 fully saturated rings. The maximum atomic E-state index is 6.02. The zero-order valence-electron chi connectivity index (χ0n) is 15.4. The van der Waals surface area contributed by atoms with Crippen molar-refractivity contribution in [1.29, 1.82) is 0 Å². The normalized spacial score (nSPS) is 22.0. The minimum atomic E-state index is 0. The number of rotatable bonds is 7. The fourth-order valence-corrected chi connectivity index (χ4v) is 2.90. The van der Waals surface area contributed by atoms with Crippen molar-refractivity contribution in [2.24, 2.45) is 16.6 Å². The van der Waals surface area contributed by atoms with E-state index in [1.54, 1.807) is 13.3 Å². The van der Waals surface area contributed by atoms with E-state index in [0.717, 1.165) is 24.3 Å². The average Bonchev–Trinajstić information content (AvgIpc) is 2.56. The molecule has 1 aromatic heterocycles. The predicted octanol–water partition coefficient (Wildman–Crippen LogP) is 3.10. The van der Waals surface area contributed by atoms with Crippen molar-refractivity contribution in [2.75, 3.05) is 13.7 Å². The topological polar surface area (TPSA) is 81.8 Å². The summed E-state index contributed by atoms with van der Waals surface area (Å²) in [5.41, 5.74) is 6.93. The van der Waals surface area contributed by atoms with E-state index < -0.39 is 0 Å². The third kappa shape index (κ3) is 8.22. The minimum absolute atomic E-state index is 0. The highest BCUT2D eigenvalue weighted by atomic mass is 127. The number of aromatic nitrogens is 1. The molecule has 1 heterocycles. The summed E-state index contributed by atoms with van der Waals surface area (Å²) in [6, 6.07) is 4.02. The second-order valence-corrected chi connectivity index (χ2v) is 6.70. The number of ether oxygens (including phenoxy) is 2. The highest BCUT2D eigenvalue weighted by molar-refractivity contribution is 14.0. The van der Waals surface area contributed by atoms with Gasteiger partial charge in [0.25, 0.3) is 0 Å². The van der Waals surface area contributed by atoms with Gasteiger partial charge >= 0.3 is 0 Å². The van der Waals surface area contributed by atoms with E-state index in [-0.39, 0.29) is 36.1 Å². The van der Waals surface area contributed by atoms with E-state index >= 15 is 0 Å². The second kappa shape index (κ2) is 11.5. The number of hydrogen-bond donors (Lipinski definition) is 2. The Labute approximate surface area is 168 Å². The molecule has 1 saturated carbocycles. The number of hydrogen-bond acceptors (Lipinski definition) is 4. The van der Waals surface area contributed by atoms with E-state index in [2.05, 4.69) is 22.2 Å². The molecule has 0 amide bonds. The number of nitrogens with one attached hydrogen (secondary N) is 1. The van der Waals surface area contributed by atoms with Crippen molar-refractivity contribution in [3.05, 3.63) is 23.9 Å². The monoisotopic (exact) mass is 462 g/mol. The average molecular weight is 462 g/mol. The maximum absolute atomic E-state index is 6.02. The fraction of sp³-hybridized carbons (Fsp3) is 0.667. The molecule has 25 heavy (non-hydrogen) atoms. The number of methoxy groups -OCH3 is 1. The first kappa shape index (κ1) is 22.0. The molecule has 0 saturated heterocycles. The van der Waals surface area contributed by atoms with Crippen LogP contribution in [0, 0.1) is 5.92 Å². The number of aliphatic imine (C=N–C) groups is 1. The third-order valence-electron chi connectivity index (χ3n) is 4.29. The van der Waals surface area contributed by atoms with Crippen molar-refractivity contribution in [3.63, 3.8) is 0 Å². The van der Waals surface area contributed by atoms with Crippen LogP contribution in [0.5, 0.6) is 5.88 Å². The third-order valence-corrected chi connectivity index (χ3v) is 4.29. The molecule has 0 radical (unpaired) electrons. The summed E-state index contributed by atoms with van der Waals surface area (Å²) in [5, 5.41) is 3.09. The van der Waals surface area contributed by atoms with Gasteiger partial charge in [-0.05, 0) is 50.2 Å². The van der Waals surface area contributed by atoms with Crippen LogP contribution in [0.25, 0.3) is 0 Å². The molecule has 0 bridgehead atoms. The summed E-state index contributed by atoms with van der Waals surface area (Å²) >= 11 is 0. The van der Waals surface area contributed by atoms with Gasteiger partial charge < -0.3 is 20.5 Å². The molecule has 2 rings (SSSR count). The molecule has 1 aromatic rings. The molecule has 3 N–H and O–H groups in total. The molecule has 142 valence electrons. The highest BCUT2D eigenvalue weighted by Gasteiger charge is 2.19. The van der Waals surface area contributed by atoms with E-state index in [4.69, 9.17) is 15.2 Å². The van der Waals surface area contributed by atoms with Crippen molar-refractivity contribution in [1.82, 2.24) is 10.3 Å². The Hall–Kier alpha value is -1.09. The van der Waals surface area contributed by atoms with Crippen LogP contribution < -0.4 is 15.8 Å². The first-order chi connectivity index (χ1) is 11.6. The molecule has 1 aliphatic rings. The van der Waals surface area contributed by atoms with Gasteiger partial charge in [0.15, 0.2) is 5.96 Å². The lowest BCUT2D eigenvalue weighted by Gasteiger charge is -2.26. The summed E-state index contributed by atoms with van der Waals surface area (Å²) in [6.45, 7) is 5.39. The highest BCUT2D eigenvalue weighted by Crippen LogP contribution is 2.26. The Morgan fingerprint density at radius 2 is 2.12 bits per heavy atom. The zero-order valence-corrected chi connectivity index (χ0v) is 17.7. The summed E-state index contributed by atoms with van der Waals surface area (Å²) in [7, 11) is 1.66. The van der Waals surface area contributed by atoms with E-state index in [1.165, 1.54) is 12.8 Å². The Bertz CT molecular complexity index is 534. The van der Waals surface area contributed by atoms with Crippen LogP contribution in [0.15, 0.2) is 23.3 Å². The van der Waals surface area contributed by atoms with Crippen LogP contribution in [-0.4, -0.2) is 36.8 Å². The molecule has 6 nitrogen and oxygen atoms in total. The minimum Gasteiger partial charge on any atom is -0.474 e. The van der Waals surface area contributed by atoms with E-state index in [1.807, 2.05) is 19.1 Å². The van der Waals surface area contributed by atoms with Crippen LogP contribution in [0.3, 0.4) is 0 Å². The molecular formula is C18H31IN4O2. The largest absolute Gasteiger partial charge is 0.474 e. The summed E-state index contributed by atoms with van der Waals surface area (Å²) in [5.74, 6) is 1.91. The lowest BCUT2D eigenvalue weighted by molar-refractivity contribution is 0.130. The maximum Gasteiger partial charge on any atom is 0.213 e. The van der Waals surface area contributed by atoms with Gasteiger partial charge in [0.05, 0.1) is 13.2 Å². The van der Waals surface area contributed by atoms with Gasteiger partial charge in [-0.1, -0.05) is 6.92 Å². The number of nitrogens with two attached hydrogens (primary N) is 1. The van der Waals surface area contributed by atoms with Crippen molar-refractivity contribution < 1.29 is 9.47 Å². The molecular weight excluding hydrogens is 431 g/mol. The van der Waals surface area contributed by atoms with Gasteiger partial charge in [0, 0.05) is 25.4 Å². The van der Waals surface area contributed by atoms with E-state index in [9.17, 15) is 0 Å². The first-order valence-electron chi connectivity index (χ1n) is 8.73. The number of pyridine rings is 1. The van der Waals surface area contributed by atoms with Crippen molar-refractivity contribution in [2.45, 2.75) is 58.2 Å².